The van der Waals surface area contributed by atoms with E-state index < -0.39 is 10.1 Å². The van der Waals surface area contributed by atoms with Gasteiger partial charge in [0.05, 0.1) is 6.61 Å². The van der Waals surface area contributed by atoms with E-state index in [0.29, 0.717) is 35.9 Å². The van der Waals surface area contributed by atoms with Crippen molar-refractivity contribution in [3.8, 4) is 11.5 Å². The fraction of sp³-hybridized carbons (Fsp3) is 0.200. The van der Waals surface area contributed by atoms with E-state index >= 15 is 0 Å². The molecule has 168 valence electrons. The van der Waals surface area contributed by atoms with Crippen LogP contribution in [0.3, 0.4) is 0 Å². The van der Waals surface area contributed by atoms with Gasteiger partial charge in [0.1, 0.15) is 4.90 Å². The van der Waals surface area contributed by atoms with E-state index in [0.717, 1.165) is 16.8 Å². The number of halogens is 1. The van der Waals surface area contributed by atoms with Gasteiger partial charge in [0, 0.05) is 22.8 Å². The van der Waals surface area contributed by atoms with E-state index in [4.69, 9.17) is 20.5 Å². The Morgan fingerprint density at radius 3 is 2.53 bits per heavy atom. The molecule has 32 heavy (non-hydrogen) atoms. The Bertz CT molecular complexity index is 1190. The molecule has 0 unspecified atom stereocenters. The van der Waals surface area contributed by atoms with E-state index in [1.807, 2.05) is 38.1 Å². The summed E-state index contributed by atoms with van der Waals surface area (Å²) >= 11 is 6.12. The first kappa shape index (κ1) is 23.7. The number of hydrogen-bond donors (Lipinski definition) is 1. The highest BCUT2D eigenvalue weighted by molar-refractivity contribution is 7.87. The molecule has 3 aromatic rings. The van der Waals surface area contributed by atoms with Crippen LogP contribution in [0.5, 0.6) is 11.5 Å². The minimum Gasteiger partial charge on any atom is -0.490 e. The van der Waals surface area contributed by atoms with Gasteiger partial charge in [-0.05, 0) is 67.8 Å². The molecule has 3 rings (SSSR count). The van der Waals surface area contributed by atoms with Gasteiger partial charge in [-0.1, -0.05) is 41.9 Å². The molecule has 5 nitrogen and oxygen atoms in total. The summed E-state index contributed by atoms with van der Waals surface area (Å²) in [7, 11) is -4.02. The first-order chi connectivity index (χ1) is 15.3. The third-order valence-electron chi connectivity index (χ3n) is 4.76. The van der Waals surface area contributed by atoms with Gasteiger partial charge in [-0.3, -0.25) is 0 Å². The molecule has 0 aliphatic rings. The van der Waals surface area contributed by atoms with Crippen molar-refractivity contribution in [3.63, 3.8) is 0 Å². The standard InChI is InChI=1S/C25H26ClNO4S/c1-4-9-20-14-19(17-27-23-16-21(26)13-12-18(23)3)15-24(30-5-2)25(20)31-32(28,29)22-10-7-6-8-11-22/h4,6-8,10-16,27H,1,5,9,17H2,2-3H3. The molecule has 3 aromatic carbocycles. The third kappa shape index (κ3) is 5.84. The van der Waals surface area contributed by atoms with Crippen LogP contribution in [0.25, 0.3) is 0 Å². The Balaban J connectivity index is 1.96. The van der Waals surface area contributed by atoms with Crippen LogP contribution in [0.4, 0.5) is 5.69 Å². The van der Waals surface area contributed by atoms with Crippen LogP contribution >= 0.6 is 11.6 Å². The van der Waals surface area contributed by atoms with E-state index in [9.17, 15) is 8.42 Å². The van der Waals surface area contributed by atoms with Crippen molar-refractivity contribution < 1.29 is 17.3 Å². The summed E-state index contributed by atoms with van der Waals surface area (Å²) in [6, 6.07) is 17.4. The molecule has 0 amide bonds. The molecule has 0 aliphatic carbocycles. The Morgan fingerprint density at radius 2 is 1.84 bits per heavy atom. The summed E-state index contributed by atoms with van der Waals surface area (Å²) in [6.07, 6.45) is 2.12. The second kappa shape index (κ2) is 10.6. The highest BCUT2D eigenvalue weighted by Crippen LogP contribution is 2.36. The van der Waals surface area contributed by atoms with E-state index in [1.54, 1.807) is 30.3 Å². The minimum atomic E-state index is -4.02. The van der Waals surface area contributed by atoms with Crippen LogP contribution in [-0.4, -0.2) is 15.0 Å². The summed E-state index contributed by atoms with van der Waals surface area (Å²) in [4.78, 5) is 0.0779. The Kier molecular flexibility index (Phi) is 7.83. The Hall–Kier alpha value is -2.96. The fourth-order valence-electron chi connectivity index (χ4n) is 3.22. The molecule has 0 atom stereocenters. The lowest BCUT2D eigenvalue weighted by atomic mass is 10.1. The Morgan fingerprint density at radius 1 is 1.09 bits per heavy atom. The predicted octanol–water partition coefficient (Wildman–Crippen LogP) is 6.16. The number of rotatable bonds is 10. The zero-order valence-electron chi connectivity index (χ0n) is 18.1. The number of allylic oxidation sites excluding steroid dienone is 1. The molecular weight excluding hydrogens is 446 g/mol. The van der Waals surface area contributed by atoms with Crippen molar-refractivity contribution in [2.24, 2.45) is 0 Å². The maximum absolute atomic E-state index is 12.9. The monoisotopic (exact) mass is 471 g/mol. The third-order valence-corrected chi connectivity index (χ3v) is 6.23. The average molecular weight is 472 g/mol. The van der Waals surface area contributed by atoms with E-state index in [-0.39, 0.29) is 10.6 Å². The maximum Gasteiger partial charge on any atom is 0.339 e. The van der Waals surface area contributed by atoms with Gasteiger partial charge in [0.15, 0.2) is 11.5 Å². The van der Waals surface area contributed by atoms with Crippen molar-refractivity contribution in [1.82, 2.24) is 0 Å². The largest absolute Gasteiger partial charge is 0.490 e. The molecule has 0 spiro atoms. The fourth-order valence-corrected chi connectivity index (χ4v) is 4.38. The summed E-state index contributed by atoms with van der Waals surface area (Å²) < 4.78 is 37.0. The highest BCUT2D eigenvalue weighted by Gasteiger charge is 2.22. The SMILES string of the molecule is C=CCc1cc(CNc2cc(Cl)ccc2C)cc(OCC)c1OS(=O)(=O)c1ccccc1. The topological polar surface area (TPSA) is 64.6 Å². The minimum absolute atomic E-state index is 0.0779. The summed E-state index contributed by atoms with van der Waals surface area (Å²) in [5.74, 6) is 0.546. The summed E-state index contributed by atoms with van der Waals surface area (Å²) in [6.45, 7) is 8.49. The van der Waals surface area contributed by atoms with Crippen LogP contribution in [-0.2, 0) is 23.1 Å². The van der Waals surface area contributed by atoms with Crippen LogP contribution in [0.15, 0.2) is 78.2 Å². The lowest BCUT2D eigenvalue weighted by molar-refractivity contribution is 0.326. The second-order valence-electron chi connectivity index (χ2n) is 7.17. The number of benzene rings is 3. The molecule has 0 aliphatic heterocycles. The van der Waals surface area contributed by atoms with Crippen LogP contribution in [0.2, 0.25) is 5.02 Å². The van der Waals surface area contributed by atoms with Gasteiger partial charge < -0.3 is 14.2 Å². The normalized spacial score (nSPS) is 11.1. The van der Waals surface area contributed by atoms with Crippen LogP contribution in [0.1, 0.15) is 23.6 Å². The number of nitrogens with one attached hydrogen (secondary N) is 1. The average Bonchev–Trinajstić information content (AvgIpc) is 2.77. The summed E-state index contributed by atoms with van der Waals surface area (Å²) in [5.41, 5.74) is 3.58. The quantitative estimate of drug-likeness (QED) is 0.283. The number of aryl methyl sites for hydroxylation is 1. The van der Waals surface area contributed by atoms with Crippen molar-refractivity contribution in [3.05, 3.63) is 95.0 Å². The van der Waals surface area contributed by atoms with E-state index in [2.05, 4.69) is 11.9 Å². The predicted molar refractivity (Wildman–Crippen MR) is 129 cm³/mol. The zero-order valence-corrected chi connectivity index (χ0v) is 19.7. The Labute approximate surface area is 194 Å². The second-order valence-corrected chi connectivity index (χ2v) is 9.15. The molecule has 0 fully saturated rings. The molecule has 0 saturated heterocycles. The zero-order chi connectivity index (χ0) is 23.1. The van der Waals surface area contributed by atoms with Crippen molar-refractivity contribution in [2.45, 2.75) is 31.7 Å². The number of ether oxygens (including phenoxy) is 1. The first-order valence-electron chi connectivity index (χ1n) is 10.2. The van der Waals surface area contributed by atoms with Crippen molar-refractivity contribution in [1.29, 1.82) is 0 Å². The molecule has 0 bridgehead atoms. The van der Waals surface area contributed by atoms with Crippen molar-refractivity contribution in [2.75, 3.05) is 11.9 Å². The van der Waals surface area contributed by atoms with Gasteiger partial charge in [0.2, 0.25) is 0 Å². The molecule has 0 heterocycles. The van der Waals surface area contributed by atoms with Gasteiger partial charge in [-0.2, -0.15) is 8.42 Å². The smallest absolute Gasteiger partial charge is 0.339 e. The molecule has 7 heteroatoms. The lowest BCUT2D eigenvalue weighted by Crippen LogP contribution is -2.13. The molecule has 0 radical (unpaired) electrons. The van der Waals surface area contributed by atoms with Gasteiger partial charge in [-0.25, -0.2) is 0 Å². The highest BCUT2D eigenvalue weighted by atomic mass is 35.5. The first-order valence-corrected chi connectivity index (χ1v) is 12.0. The van der Waals surface area contributed by atoms with Gasteiger partial charge in [0.25, 0.3) is 0 Å². The van der Waals surface area contributed by atoms with Crippen LogP contribution in [0, 0.1) is 6.92 Å². The molecule has 0 aromatic heterocycles. The maximum atomic E-state index is 12.9. The molecule has 0 saturated carbocycles. The molecular formula is C25H26ClNO4S. The molecule has 1 N–H and O–H groups in total. The van der Waals surface area contributed by atoms with Crippen LogP contribution < -0.4 is 14.2 Å². The van der Waals surface area contributed by atoms with Gasteiger partial charge in [-0.15, -0.1) is 6.58 Å². The summed E-state index contributed by atoms with van der Waals surface area (Å²) in [5, 5.41) is 4.03. The number of hydrogen-bond acceptors (Lipinski definition) is 5. The van der Waals surface area contributed by atoms with Crippen molar-refractivity contribution >= 4 is 27.4 Å². The van der Waals surface area contributed by atoms with Gasteiger partial charge >= 0.3 is 10.1 Å². The van der Waals surface area contributed by atoms with E-state index in [1.165, 1.54) is 12.1 Å². The lowest BCUT2D eigenvalue weighted by Gasteiger charge is -2.18. The number of anilines is 1.